The summed E-state index contributed by atoms with van der Waals surface area (Å²) in [4.78, 5) is 60.1. The maximum atomic E-state index is 10.4. The Balaban J connectivity index is -0.000000542. The van der Waals surface area contributed by atoms with Crippen molar-refractivity contribution in [3.8, 4) is 0 Å². The van der Waals surface area contributed by atoms with Crippen LogP contribution in [0.25, 0.3) is 0 Å². The number of carboxylic acids is 5. The quantitative estimate of drug-likeness (QED) is 0.0515. The molecule has 48 heavy (non-hydrogen) atoms. The minimum absolute atomic E-state index is 0.0129. The number of aromatic amines is 1. The summed E-state index contributed by atoms with van der Waals surface area (Å²) in [6.45, 7) is 1.47. The third-order valence-corrected chi connectivity index (χ3v) is 5.19. The second-order valence-electron chi connectivity index (χ2n) is 9.46. The van der Waals surface area contributed by atoms with Gasteiger partial charge in [-0.25, -0.2) is 4.98 Å². The van der Waals surface area contributed by atoms with Gasteiger partial charge in [0.1, 0.15) is 24.2 Å². The molecule has 0 radical (unpaired) electrons. The third-order valence-electron chi connectivity index (χ3n) is 5.19. The van der Waals surface area contributed by atoms with Crippen LogP contribution >= 0.6 is 0 Å². The molecule has 1 aromatic carbocycles. The number of imidazole rings is 1. The summed E-state index contributed by atoms with van der Waals surface area (Å²) in [7, 11) is 0. The lowest BCUT2D eigenvalue weighted by molar-refractivity contribution is -0.141. The number of rotatable bonds is 14. The molecule has 2 rings (SSSR count). The van der Waals surface area contributed by atoms with Crippen molar-refractivity contribution in [3.63, 3.8) is 0 Å². The second kappa shape index (κ2) is 28.1. The number of aromatic nitrogens is 2. The molecule has 272 valence electrons. The number of nitrogens with two attached hydrogens (primary N) is 7. The average Bonchev–Trinajstić information content (AvgIpc) is 3.53. The Morgan fingerprint density at radius 1 is 0.812 bits per heavy atom. The van der Waals surface area contributed by atoms with E-state index in [9.17, 15) is 24.0 Å². The Labute approximate surface area is 275 Å². The second-order valence-corrected chi connectivity index (χ2v) is 9.46. The van der Waals surface area contributed by atoms with Crippen LogP contribution in [0.15, 0.2) is 47.8 Å². The van der Waals surface area contributed by atoms with E-state index in [1.54, 1.807) is 6.20 Å². The number of carboxylic acid groups (broad SMARTS) is 5. The normalized spacial score (nSPS) is 12.7. The lowest BCUT2D eigenvalue weighted by atomic mass is 10.1. The first kappa shape index (κ1) is 47.2. The van der Waals surface area contributed by atoms with E-state index in [4.69, 9.17) is 65.0 Å². The van der Waals surface area contributed by atoms with Crippen molar-refractivity contribution in [2.75, 3.05) is 13.1 Å². The zero-order valence-corrected chi connectivity index (χ0v) is 26.3. The predicted octanol–water partition coefficient (Wildman–Crippen LogP) is -3.73. The van der Waals surface area contributed by atoms with E-state index in [-0.39, 0.29) is 18.9 Å². The summed E-state index contributed by atoms with van der Waals surface area (Å²) in [5.41, 5.74) is 37.1. The molecule has 0 bridgehead atoms. The van der Waals surface area contributed by atoms with Gasteiger partial charge in [-0.3, -0.25) is 29.0 Å². The minimum atomic E-state index is -1.18. The molecule has 2 aromatic rings. The molecule has 0 amide bonds. The van der Waals surface area contributed by atoms with Gasteiger partial charge in [0, 0.05) is 24.9 Å². The van der Waals surface area contributed by atoms with Crippen molar-refractivity contribution in [2.45, 2.75) is 62.9 Å². The highest BCUT2D eigenvalue weighted by Crippen LogP contribution is 2.01. The van der Waals surface area contributed by atoms with Gasteiger partial charge in [-0.15, -0.1) is 0 Å². The van der Waals surface area contributed by atoms with Crippen LogP contribution < -0.4 is 40.1 Å². The van der Waals surface area contributed by atoms with Crippen LogP contribution in [0.3, 0.4) is 0 Å². The molecule has 0 aliphatic rings. The first-order valence-electron chi connectivity index (χ1n) is 13.9. The third kappa shape index (κ3) is 29.5. The fraction of sp³-hybridized carbons (Fsp3) is 0.444. The summed E-state index contributed by atoms with van der Waals surface area (Å²) in [6, 6.07) is 5.71. The van der Waals surface area contributed by atoms with Crippen molar-refractivity contribution >= 4 is 35.8 Å². The van der Waals surface area contributed by atoms with Crippen LogP contribution in [0.1, 0.15) is 31.0 Å². The number of aliphatic imine (C=N–C) groups is 1. The first-order valence-corrected chi connectivity index (χ1v) is 13.9. The lowest BCUT2D eigenvalue weighted by Gasteiger charge is -2.06. The summed E-state index contributed by atoms with van der Waals surface area (Å²) < 4.78 is 0. The summed E-state index contributed by atoms with van der Waals surface area (Å²) in [6.07, 6.45) is 3.70. The Hall–Kier alpha value is -5.19. The standard InChI is InChI=1S/C9H11NO2.C6H14N4O2.C6H9N3O2.C4H9NO3.C2H5NO2/c10-8(9(11)12)6-7-4-2-1-3-5-7;7-4(5(11)12)2-1-3-10-6(8)9;7-5(6(10)11)1-4-2-8-3-9-4;1-2(6)3(5)4(7)8;3-1-2(4)5/h1-5,8H,6,10H2,(H,11,12);4H,1-3,7H2,(H,11,12)(H4,8,9,10);2-3,5H,1,7H2,(H,8,9)(H,10,11);2-3,6H,5H2,1H3,(H,7,8);1,3H2,(H,4,5). The van der Waals surface area contributed by atoms with Crippen molar-refractivity contribution < 1.29 is 54.6 Å². The number of aliphatic hydroxyl groups excluding tert-OH is 1. The van der Waals surface area contributed by atoms with Crippen LogP contribution in [0.5, 0.6) is 0 Å². The van der Waals surface area contributed by atoms with Crippen LogP contribution in [0, 0.1) is 0 Å². The van der Waals surface area contributed by atoms with E-state index in [0.717, 1.165) is 11.3 Å². The average molecular weight is 689 g/mol. The Bertz CT molecular complexity index is 1210. The number of hydrogen-bond donors (Lipinski definition) is 14. The number of guanidine groups is 1. The van der Waals surface area contributed by atoms with E-state index in [0.29, 0.717) is 25.8 Å². The highest BCUT2D eigenvalue weighted by atomic mass is 16.4. The molecular weight excluding hydrogens is 640 g/mol. The largest absolute Gasteiger partial charge is 0.480 e. The SMILES string of the molecule is CC(O)C(N)C(=O)O.NC(Cc1ccccc1)C(=O)O.NC(Cc1cnc[nH]1)C(=O)O.NC(N)=NCCCC(N)C(=O)O.NCC(=O)O. The highest BCUT2D eigenvalue weighted by molar-refractivity contribution is 5.76. The monoisotopic (exact) mass is 688 g/mol. The van der Waals surface area contributed by atoms with Crippen molar-refractivity contribution in [3.05, 3.63) is 54.1 Å². The van der Waals surface area contributed by atoms with Gasteiger partial charge in [-0.1, -0.05) is 30.3 Å². The molecule has 0 aliphatic carbocycles. The van der Waals surface area contributed by atoms with Gasteiger partial charge < -0.3 is 75.8 Å². The van der Waals surface area contributed by atoms with E-state index >= 15 is 0 Å². The number of H-pyrrole nitrogens is 1. The molecule has 21 N–H and O–H groups in total. The van der Waals surface area contributed by atoms with Gasteiger partial charge in [0.05, 0.1) is 19.0 Å². The fourth-order valence-corrected chi connectivity index (χ4v) is 2.53. The molecule has 5 atom stereocenters. The molecule has 0 saturated heterocycles. The molecule has 0 spiro atoms. The first-order chi connectivity index (χ1) is 22.3. The number of benzene rings is 1. The van der Waals surface area contributed by atoms with Gasteiger partial charge in [-0.2, -0.15) is 0 Å². The number of nitrogens with one attached hydrogen (secondary N) is 1. The molecule has 1 heterocycles. The zero-order valence-electron chi connectivity index (χ0n) is 26.3. The van der Waals surface area contributed by atoms with Gasteiger partial charge in [0.25, 0.3) is 0 Å². The van der Waals surface area contributed by atoms with E-state index < -0.39 is 60.1 Å². The van der Waals surface area contributed by atoms with E-state index in [1.807, 2.05) is 30.3 Å². The topological polar surface area (TPSA) is 430 Å². The Morgan fingerprint density at radius 2 is 1.29 bits per heavy atom. The van der Waals surface area contributed by atoms with Gasteiger partial charge >= 0.3 is 29.8 Å². The lowest BCUT2D eigenvalue weighted by Crippen LogP contribution is -2.39. The maximum Gasteiger partial charge on any atom is 0.323 e. The molecule has 0 saturated carbocycles. The fourth-order valence-electron chi connectivity index (χ4n) is 2.53. The summed E-state index contributed by atoms with van der Waals surface area (Å²) in [5, 5.41) is 49.5. The predicted molar refractivity (Wildman–Crippen MR) is 173 cm³/mol. The summed E-state index contributed by atoms with van der Waals surface area (Å²) >= 11 is 0. The number of hydrogen-bond acceptors (Lipinski definition) is 13. The Kier molecular flexibility index (Phi) is 27.6. The van der Waals surface area contributed by atoms with Crippen molar-refractivity contribution in [1.29, 1.82) is 0 Å². The van der Waals surface area contributed by atoms with Crippen molar-refractivity contribution in [2.24, 2.45) is 45.1 Å². The van der Waals surface area contributed by atoms with Gasteiger partial charge in [-0.05, 0) is 31.7 Å². The number of nitrogens with zero attached hydrogens (tertiary/aromatic N) is 2. The molecule has 5 unspecified atom stereocenters. The minimum Gasteiger partial charge on any atom is -0.480 e. The number of aliphatic carboxylic acids is 5. The smallest absolute Gasteiger partial charge is 0.323 e. The summed E-state index contributed by atoms with van der Waals surface area (Å²) in [5.74, 6) is -5.10. The zero-order chi connectivity index (χ0) is 37.8. The molecule has 21 nitrogen and oxygen atoms in total. The van der Waals surface area contributed by atoms with Crippen molar-refractivity contribution in [1.82, 2.24) is 9.97 Å². The van der Waals surface area contributed by atoms with E-state index in [2.05, 4.69) is 20.7 Å². The molecular formula is C27H48N10O11. The van der Waals surface area contributed by atoms with Crippen LogP contribution in [-0.4, -0.2) is 120 Å². The maximum absolute atomic E-state index is 10.4. The van der Waals surface area contributed by atoms with E-state index in [1.165, 1.54) is 13.3 Å². The highest BCUT2D eigenvalue weighted by Gasteiger charge is 2.16. The van der Waals surface area contributed by atoms with Crippen LogP contribution in [0.2, 0.25) is 0 Å². The Morgan fingerprint density at radius 3 is 1.62 bits per heavy atom. The molecule has 0 aliphatic heterocycles. The molecule has 21 heteroatoms. The number of aliphatic hydroxyl groups is 1. The number of carbonyl (C=O) groups is 5. The molecule has 0 fully saturated rings. The van der Waals surface area contributed by atoms with Gasteiger partial charge in [0.2, 0.25) is 0 Å². The van der Waals surface area contributed by atoms with Crippen LogP contribution in [-0.2, 0) is 36.8 Å². The van der Waals surface area contributed by atoms with Crippen LogP contribution in [0.4, 0.5) is 0 Å². The van der Waals surface area contributed by atoms with Gasteiger partial charge in [0.15, 0.2) is 5.96 Å². The molecule has 1 aromatic heterocycles.